The molecule has 2 N–H and O–H groups in total. The molecule has 1 amide bonds. The van der Waals surface area contributed by atoms with Crippen LogP contribution in [0.1, 0.15) is 29.9 Å². The number of rotatable bonds is 4. The Morgan fingerprint density at radius 1 is 1.47 bits per heavy atom. The first-order chi connectivity index (χ1) is 7.22. The van der Waals surface area contributed by atoms with Gasteiger partial charge in [-0.1, -0.05) is 0 Å². The quantitative estimate of drug-likeness (QED) is 0.802. The number of aromatic nitrogens is 1. The molecular formula is C11H17N3O. The minimum atomic E-state index is 0.0390. The number of amides is 1. The van der Waals surface area contributed by atoms with Gasteiger partial charge in [0.2, 0.25) is 0 Å². The number of hydrogen-bond acceptors (Lipinski definition) is 3. The van der Waals surface area contributed by atoms with Gasteiger partial charge in [-0.2, -0.15) is 0 Å². The minimum absolute atomic E-state index is 0.0390. The SMILES string of the molecule is CCN(CC)C(=O)c1ccnc(CN)c1. The average Bonchev–Trinajstić information content (AvgIpc) is 2.30. The lowest BCUT2D eigenvalue weighted by Gasteiger charge is -2.18. The number of pyridine rings is 1. The Morgan fingerprint density at radius 3 is 2.67 bits per heavy atom. The van der Waals surface area contributed by atoms with Crippen molar-refractivity contribution in [2.45, 2.75) is 20.4 Å². The first-order valence-electron chi connectivity index (χ1n) is 5.17. The van der Waals surface area contributed by atoms with Gasteiger partial charge < -0.3 is 10.6 Å². The van der Waals surface area contributed by atoms with Crippen molar-refractivity contribution < 1.29 is 4.79 Å². The summed E-state index contributed by atoms with van der Waals surface area (Å²) in [6, 6.07) is 3.47. The van der Waals surface area contributed by atoms with E-state index in [9.17, 15) is 4.79 Å². The highest BCUT2D eigenvalue weighted by Crippen LogP contribution is 2.05. The maximum Gasteiger partial charge on any atom is 0.253 e. The van der Waals surface area contributed by atoms with Crippen molar-refractivity contribution in [2.75, 3.05) is 13.1 Å². The van der Waals surface area contributed by atoms with Crippen LogP contribution in [0.25, 0.3) is 0 Å². The predicted molar refractivity (Wildman–Crippen MR) is 59.4 cm³/mol. The van der Waals surface area contributed by atoms with Crippen LogP contribution >= 0.6 is 0 Å². The lowest BCUT2D eigenvalue weighted by atomic mass is 10.2. The van der Waals surface area contributed by atoms with E-state index in [1.807, 2.05) is 13.8 Å². The molecule has 1 aromatic rings. The summed E-state index contributed by atoms with van der Waals surface area (Å²) in [6.45, 7) is 5.73. The fraction of sp³-hybridized carbons (Fsp3) is 0.455. The second-order valence-electron chi connectivity index (χ2n) is 3.22. The van der Waals surface area contributed by atoms with Crippen LogP contribution in [0, 0.1) is 0 Å². The van der Waals surface area contributed by atoms with Crippen molar-refractivity contribution in [1.82, 2.24) is 9.88 Å². The molecule has 82 valence electrons. The van der Waals surface area contributed by atoms with Crippen LogP contribution in [0.4, 0.5) is 0 Å². The van der Waals surface area contributed by atoms with Gasteiger partial charge in [-0.25, -0.2) is 0 Å². The summed E-state index contributed by atoms with van der Waals surface area (Å²) in [5, 5.41) is 0. The van der Waals surface area contributed by atoms with E-state index in [1.165, 1.54) is 0 Å². The fourth-order valence-electron chi connectivity index (χ4n) is 1.42. The van der Waals surface area contributed by atoms with E-state index >= 15 is 0 Å². The number of carbonyl (C=O) groups is 1. The lowest BCUT2D eigenvalue weighted by molar-refractivity contribution is 0.0772. The molecule has 4 heteroatoms. The third-order valence-corrected chi connectivity index (χ3v) is 2.32. The molecule has 0 spiro atoms. The van der Waals surface area contributed by atoms with E-state index in [-0.39, 0.29) is 5.91 Å². The highest BCUT2D eigenvalue weighted by Gasteiger charge is 2.12. The maximum atomic E-state index is 11.9. The lowest BCUT2D eigenvalue weighted by Crippen LogP contribution is -2.30. The molecule has 0 saturated heterocycles. The Hall–Kier alpha value is -1.42. The van der Waals surface area contributed by atoms with Gasteiger partial charge in [0.25, 0.3) is 5.91 Å². The first kappa shape index (κ1) is 11.7. The Labute approximate surface area is 90.1 Å². The third-order valence-electron chi connectivity index (χ3n) is 2.32. The minimum Gasteiger partial charge on any atom is -0.339 e. The van der Waals surface area contributed by atoms with Crippen LogP contribution in [0.5, 0.6) is 0 Å². The zero-order valence-corrected chi connectivity index (χ0v) is 9.23. The average molecular weight is 207 g/mol. The van der Waals surface area contributed by atoms with E-state index < -0.39 is 0 Å². The molecule has 1 aromatic heterocycles. The van der Waals surface area contributed by atoms with Gasteiger partial charge in [-0.15, -0.1) is 0 Å². The van der Waals surface area contributed by atoms with E-state index in [2.05, 4.69) is 4.98 Å². The second kappa shape index (κ2) is 5.46. The van der Waals surface area contributed by atoms with Crippen molar-refractivity contribution in [3.63, 3.8) is 0 Å². The summed E-state index contributed by atoms with van der Waals surface area (Å²) in [5.74, 6) is 0.0390. The van der Waals surface area contributed by atoms with Crippen molar-refractivity contribution in [3.05, 3.63) is 29.6 Å². The van der Waals surface area contributed by atoms with E-state index in [1.54, 1.807) is 23.2 Å². The molecule has 0 bridgehead atoms. The third kappa shape index (κ3) is 2.76. The highest BCUT2D eigenvalue weighted by atomic mass is 16.2. The molecule has 15 heavy (non-hydrogen) atoms. The van der Waals surface area contributed by atoms with Gasteiger partial charge in [0.1, 0.15) is 0 Å². The first-order valence-corrected chi connectivity index (χ1v) is 5.17. The largest absolute Gasteiger partial charge is 0.339 e. The van der Waals surface area contributed by atoms with Crippen LogP contribution < -0.4 is 5.73 Å². The summed E-state index contributed by atoms with van der Waals surface area (Å²) >= 11 is 0. The van der Waals surface area contributed by atoms with Crippen LogP contribution in [-0.4, -0.2) is 28.9 Å². The summed E-state index contributed by atoms with van der Waals surface area (Å²) in [5.41, 5.74) is 6.88. The Kier molecular flexibility index (Phi) is 4.24. The Bertz CT molecular complexity index is 334. The van der Waals surface area contributed by atoms with Gasteiger partial charge in [0.15, 0.2) is 0 Å². The highest BCUT2D eigenvalue weighted by molar-refractivity contribution is 5.94. The molecule has 0 fully saturated rings. The monoisotopic (exact) mass is 207 g/mol. The number of nitrogens with zero attached hydrogens (tertiary/aromatic N) is 2. The van der Waals surface area contributed by atoms with Crippen LogP contribution in [0.2, 0.25) is 0 Å². The molecular weight excluding hydrogens is 190 g/mol. The van der Waals surface area contributed by atoms with Gasteiger partial charge in [0.05, 0.1) is 5.69 Å². The van der Waals surface area contributed by atoms with Gasteiger partial charge in [0, 0.05) is 31.4 Å². The number of nitrogens with two attached hydrogens (primary N) is 1. The predicted octanol–water partition coefficient (Wildman–Crippen LogP) is 1.02. The van der Waals surface area contributed by atoms with Gasteiger partial charge in [-0.3, -0.25) is 9.78 Å². The molecule has 0 saturated carbocycles. The van der Waals surface area contributed by atoms with Crippen LogP contribution in [0.3, 0.4) is 0 Å². The number of hydrogen-bond donors (Lipinski definition) is 1. The summed E-state index contributed by atoms with van der Waals surface area (Å²) in [6.07, 6.45) is 1.62. The molecule has 0 atom stereocenters. The molecule has 1 rings (SSSR count). The summed E-state index contributed by atoms with van der Waals surface area (Å²) < 4.78 is 0. The smallest absolute Gasteiger partial charge is 0.253 e. The molecule has 0 unspecified atom stereocenters. The zero-order valence-electron chi connectivity index (χ0n) is 9.23. The van der Waals surface area contributed by atoms with Gasteiger partial charge in [-0.05, 0) is 26.0 Å². The molecule has 0 aromatic carbocycles. The molecule has 0 aliphatic rings. The molecule has 0 radical (unpaired) electrons. The van der Waals surface area contributed by atoms with Gasteiger partial charge >= 0.3 is 0 Å². The van der Waals surface area contributed by atoms with Crippen LogP contribution in [-0.2, 0) is 6.54 Å². The number of carbonyl (C=O) groups excluding carboxylic acids is 1. The topological polar surface area (TPSA) is 59.2 Å². The van der Waals surface area contributed by atoms with Crippen LogP contribution in [0.15, 0.2) is 18.3 Å². The zero-order chi connectivity index (χ0) is 11.3. The van der Waals surface area contributed by atoms with Crippen molar-refractivity contribution >= 4 is 5.91 Å². The normalized spacial score (nSPS) is 10.1. The van der Waals surface area contributed by atoms with Crippen molar-refractivity contribution in [2.24, 2.45) is 5.73 Å². The molecule has 0 aliphatic heterocycles. The fourth-order valence-corrected chi connectivity index (χ4v) is 1.42. The molecule has 1 heterocycles. The van der Waals surface area contributed by atoms with Crippen molar-refractivity contribution in [3.8, 4) is 0 Å². The summed E-state index contributed by atoms with van der Waals surface area (Å²) in [4.78, 5) is 17.8. The Balaban J connectivity index is 2.90. The van der Waals surface area contributed by atoms with E-state index in [4.69, 9.17) is 5.73 Å². The Morgan fingerprint density at radius 2 is 2.13 bits per heavy atom. The summed E-state index contributed by atoms with van der Waals surface area (Å²) in [7, 11) is 0. The maximum absolute atomic E-state index is 11.9. The van der Waals surface area contributed by atoms with Crippen molar-refractivity contribution in [1.29, 1.82) is 0 Å². The van der Waals surface area contributed by atoms with E-state index in [0.29, 0.717) is 12.1 Å². The standard InChI is InChI=1S/C11H17N3O/c1-3-14(4-2)11(15)9-5-6-13-10(7-9)8-12/h5-7H,3-4,8,12H2,1-2H3. The second-order valence-corrected chi connectivity index (χ2v) is 3.22. The molecule has 4 nitrogen and oxygen atoms in total. The molecule has 0 aliphatic carbocycles. The van der Waals surface area contributed by atoms with E-state index in [0.717, 1.165) is 18.8 Å².